The lowest BCUT2D eigenvalue weighted by atomic mass is 10.2. The molecule has 1 amide bonds. The maximum Gasteiger partial charge on any atom is 0.324 e. The summed E-state index contributed by atoms with van der Waals surface area (Å²) in [4.78, 5) is 24.2. The highest BCUT2D eigenvalue weighted by Crippen LogP contribution is 2.12. The number of sulfonamides is 1. The van der Waals surface area contributed by atoms with E-state index < -0.39 is 39.9 Å². The molecule has 0 bridgehead atoms. The third kappa shape index (κ3) is 5.86. The molecular weight excluding hydrogens is 387 g/mol. The predicted molar refractivity (Wildman–Crippen MR) is 102 cm³/mol. The molecule has 0 heterocycles. The number of aryl methyl sites for hydroxylation is 1. The van der Waals surface area contributed by atoms with E-state index in [1.165, 1.54) is 44.2 Å². The third-order valence-electron chi connectivity index (χ3n) is 3.77. The fourth-order valence-corrected chi connectivity index (χ4v) is 3.40. The Morgan fingerprint density at radius 2 is 1.71 bits per heavy atom. The van der Waals surface area contributed by atoms with Gasteiger partial charge in [-0.25, -0.2) is 12.8 Å². The number of carbonyl (C=O) groups is 2. The van der Waals surface area contributed by atoms with Gasteiger partial charge in [-0.05, 0) is 51.1 Å². The fourth-order valence-electron chi connectivity index (χ4n) is 2.21. The van der Waals surface area contributed by atoms with Crippen molar-refractivity contribution >= 4 is 27.6 Å². The molecule has 0 saturated carbocycles. The van der Waals surface area contributed by atoms with Gasteiger partial charge >= 0.3 is 5.97 Å². The molecule has 150 valence electrons. The van der Waals surface area contributed by atoms with E-state index in [-0.39, 0.29) is 10.6 Å². The number of carbonyl (C=O) groups excluding carboxylic acids is 2. The van der Waals surface area contributed by atoms with Crippen LogP contribution in [0.5, 0.6) is 0 Å². The average molecular weight is 408 g/mol. The van der Waals surface area contributed by atoms with Gasteiger partial charge in [0.15, 0.2) is 6.10 Å². The van der Waals surface area contributed by atoms with Crippen molar-refractivity contribution in [3.8, 4) is 0 Å². The molecule has 0 aromatic heterocycles. The van der Waals surface area contributed by atoms with Crippen LogP contribution >= 0.6 is 0 Å². The topological polar surface area (TPSA) is 102 Å². The van der Waals surface area contributed by atoms with Gasteiger partial charge in [0.2, 0.25) is 10.0 Å². The largest absolute Gasteiger partial charge is 0.451 e. The van der Waals surface area contributed by atoms with Crippen molar-refractivity contribution in [1.82, 2.24) is 4.72 Å². The molecule has 0 fully saturated rings. The number of halogens is 1. The molecule has 0 aliphatic heterocycles. The van der Waals surface area contributed by atoms with Crippen LogP contribution in [0.4, 0.5) is 10.1 Å². The molecule has 0 spiro atoms. The number of anilines is 1. The normalized spacial score (nSPS) is 13.4. The van der Waals surface area contributed by atoms with Crippen LogP contribution in [-0.2, 0) is 24.3 Å². The van der Waals surface area contributed by atoms with Crippen molar-refractivity contribution < 1.29 is 27.1 Å². The quantitative estimate of drug-likeness (QED) is 0.685. The summed E-state index contributed by atoms with van der Waals surface area (Å²) in [5.41, 5.74) is 1.10. The Morgan fingerprint density at radius 1 is 1.07 bits per heavy atom. The van der Waals surface area contributed by atoms with Gasteiger partial charge in [0.25, 0.3) is 5.91 Å². The van der Waals surface area contributed by atoms with E-state index >= 15 is 0 Å². The second-order valence-electron chi connectivity index (χ2n) is 6.23. The van der Waals surface area contributed by atoms with Gasteiger partial charge in [0, 0.05) is 5.69 Å². The molecule has 0 aliphatic rings. The first-order valence-electron chi connectivity index (χ1n) is 8.44. The molecular formula is C19H21FN2O5S. The van der Waals surface area contributed by atoms with Gasteiger partial charge in [-0.1, -0.05) is 23.8 Å². The van der Waals surface area contributed by atoms with Crippen molar-refractivity contribution in [3.05, 3.63) is 59.9 Å². The van der Waals surface area contributed by atoms with Crippen molar-refractivity contribution in [3.63, 3.8) is 0 Å². The highest BCUT2D eigenvalue weighted by Gasteiger charge is 2.26. The van der Waals surface area contributed by atoms with Gasteiger partial charge in [-0.15, -0.1) is 0 Å². The maximum atomic E-state index is 13.2. The SMILES string of the molecule is Cc1ccc(S(=O)(=O)N[C@@H](C)C(=O)O[C@@H](C)C(=O)Nc2cccc(F)c2)cc1. The Bertz CT molecular complexity index is 961. The second kappa shape index (κ2) is 8.94. The summed E-state index contributed by atoms with van der Waals surface area (Å²) in [6.45, 7) is 4.46. The molecule has 2 rings (SSSR count). The smallest absolute Gasteiger partial charge is 0.324 e. The predicted octanol–water partition coefficient (Wildman–Crippen LogP) is 2.37. The lowest BCUT2D eigenvalue weighted by Gasteiger charge is -2.17. The molecule has 0 radical (unpaired) electrons. The lowest BCUT2D eigenvalue weighted by Crippen LogP contribution is -2.42. The highest BCUT2D eigenvalue weighted by molar-refractivity contribution is 7.89. The molecule has 2 aromatic rings. The van der Waals surface area contributed by atoms with E-state index in [9.17, 15) is 22.4 Å². The minimum Gasteiger partial charge on any atom is -0.451 e. The molecule has 0 unspecified atom stereocenters. The number of rotatable bonds is 7. The van der Waals surface area contributed by atoms with E-state index in [0.717, 1.165) is 11.6 Å². The molecule has 2 N–H and O–H groups in total. The van der Waals surface area contributed by atoms with Crippen LogP contribution in [0, 0.1) is 12.7 Å². The zero-order valence-electron chi connectivity index (χ0n) is 15.6. The number of ether oxygens (including phenoxy) is 1. The van der Waals surface area contributed by atoms with Crippen LogP contribution in [-0.4, -0.2) is 32.4 Å². The molecule has 0 aliphatic carbocycles. The Morgan fingerprint density at radius 3 is 2.32 bits per heavy atom. The molecule has 0 saturated heterocycles. The Labute approximate surface area is 163 Å². The third-order valence-corrected chi connectivity index (χ3v) is 5.33. The van der Waals surface area contributed by atoms with Crippen LogP contribution < -0.4 is 10.0 Å². The van der Waals surface area contributed by atoms with Crippen LogP contribution in [0.15, 0.2) is 53.4 Å². The number of esters is 1. The van der Waals surface area contributed by atoms with E-state index in [4.69, 9.17) is 4.74 Å². The molecule has 2 atom stereocenters. The number of hydrogen-bond donors (Lipinski definition) is 2. The number of benzene rings is 2. The van der Waals surface area contributed by atoms with E-state index in [1.807, 2.05) is 6.92 Å². The summed E-state index contributed by atoms with van der Waals surface area (Å²) in [6.07, 6.45) is -1.21. The number of nitrogens with one attached hydrogen (secondary N) is 2. The van der Waals surface area contributed by atoms with Crippen molar-refractivity contribution in [2.45, 2.75) is 37.8 Å². The summed E-state index contributed by atoms with van der Waals surface area (Å²) in [6, 6.07) is 10.1. The first kappa shape index (κ1) is 21.5. The van der Waals surface area contributed by atoms with Crippen molar-refractivity contribution in [2.75, 3.05) is 5.32 Å². The minimum absolute atomic E-state index is 0.00893. The zero-order valence-corrected chi connectivity index (χ0v) is 16.4. The monoisotopic (exact) mass is 408 g/mol. The zero-order chi connectivity index (χ0) is 20.9. The van der Waals surface area contributed by atoms with E-state index in [1.54, 1.807) is 12.1 Å². The van der Waals surface area contributed by atoms with E-state index in [0.29, 0.717) is 0 Å². The fraction of sp³-hybridized carbons (Fsp3) is 0.263. The number of amides is 1. The van der Waals surface area contributed by atoms with Crippen molar-refractivity contribution in [1.29, 1.82) is 0 Å². The summed E-state index contributed by atoms with van der Waals surface area (Å²) >= 11 is 0. The van der Waals surface area contributed by atoms with Crippen LogP contribution in [0.2, 0.25) is 0 Å². The highest BCUT2D eigenvalue weighted by atomic mass is 32.2. The second-order valence-corrected chi connectivity index (χ2v) is 7.95. The van der Waals surface area contributed by atoms with Gasteiger partial charge < -0.3 is 10.1 Å². The Hall–Kier alpha value is -2.78. The summed E-state index contributed by atoms with van der Waals surface area (Å²) in [5.74, 6) is -2.12. The van der Waals surface area contributed by atoms with Crippen LogP contribution in [0.25, 0.3) is 0 Å². The lowest BCUT2D eigenvalue weighted by molar-refractivity contribution is -0.154. The van der Waals surface area contributed by atoms with E-state index in [2.05, 4.69) is 10.0 Å². The first-order valence-corrected chi connectivity index (χ1v) is 9.93. The molecule has 7 nitrogen and oxygen atoms in total. The van der Waals surface area contributed by atoms with Crippen molar-refractivity contribution in [2.24, 2.45) is 0 Å². The Kier molecular flexibility index (Phi) is 6.87. The first-order chi connectivity index (χ1) is 13.1. The van der Waals surface area contributed by atoms with Gasteiger partial charge in [-0.3, -0.25) is 9.59 Å². The number of hydrogen-bond acceptors (Lipinski definition) is 5. The minimum atomic E-state index is -3.92. The Balaban J connectivity index is 1.95. The molecule has 2 aromatic carbocycles. The molecule has 9 heteroatoms. The van der Waals surface area contributed by atoms with Gasteiger partial charge in [0.05, 0.1) is 4.90 Å². The van der Waals surface area contributed by atoms with Crippen LogP contribution in [0.3, 0.4) is 0 Å². The molecule has 28 heavy (non-hydrogen) atoms. The average Bonchev–Trinajstić information content (AvgIpc) is 2.61. The summed E-state index contributed by atoms with van der Waals surface area (Å²) < 4.78 is 45.0. The van der Waals surface area contributed by atoms with Gasteiger partial charge in [-0.2, -0.15) is 4.72 Å². The van der Waals surface area contributed by atoms with Gasteiger partial charge in [0.1, 0.15) is 11.9 Å². The summed E-state index contributed by atoms with van der Waals surface area (Å²) in [7, 11) is -3.92. The summed E-state index contributed by atoms with van der Waals surface area (Å²) in [5, 5.41) is 2.41. The maximum absolute atomic E-state index is 13.2. The standard InChI is InChI=1S/C19H21FN2O5S/c1-12-7-9-17(10-8-12)28(25,26)22-13(2)19(24)27-14(3)18(23)21-16-6-4-5-15(20)11-16/h4-11,13-14,22H,1-3H3,(H,21,23)/t13-,14-/m0/s1. The van der Waals surface area contributed by atoms with Crippen LogP contribution in [0.1, 0.15) is 19.4 Å².